The van der Waals surface area contributed by atoms with Crippen LogP contribution in [0, 0.1) is 23.7 Å². The molecule has 1 atom stereocenters. The summed E-state index contributed by atoms with van der Waals surface area (Å²) in [6.45, 7) is 2.34. The lowest BCUT2D eigenvalue weighted by Crippen LogP contribution is -2.52. The summed E-state index contributed by atoms with van der Waals surface area (Å²) in [7, 11) is 0. The Hall–Kier alpha value is -1.31. The van der Waals surface area contributed by atoms with Gasteiger partial charge in [0.05, 0.1) is 0 Å². The summed E-state index contributed by atoms with van der Waals surface area (Å²) >= 11 is 0. The molecular weight excluding hydrogens is 268 g/mol. The van der Waals surface area contributed by atoms with Crippen LogP contribution in [0.15, 0.2) is 43.0 Å². The van der Waals surface area contributed by atoms with Crippen molar-refractivity contribution in [3.8, 4) is 0 Å². The number of hydrogen-bond donors (Lipinski definition) is 0. The zero-order valence-electron chi connectivity index (χ0n) is 13.6. The van der Waals surface area contributed by atoms with Gasteiger partial charge in [0.2, 0.25) is 6.33 Å². The van der Waals surface area contributed by atoms with Gasteiger partial charge in [-0.25, -0.2) is 9.13 Å². The highest BCUT2D eigenvalue weighted by Crippen LogP contribution is 2.58. The van der Waals surface area contributed by atoms with Crippen molar-refractivity contribution in [3.63, 3.8) is 0 Å². The van der Waals surface area contributed by atoms with Crippen LogP contribution in [-0.2, 0) is 5.54 Å². The monoisotopic (exact) mass is 295 g/mol. The van der Waals surface area contributed by atoms with Crippen molar-refractivity contribution >= 4 is 0 Å². The molecule has 1 aromatic rings. The molecule has 0 spiro atoms. The number of allylic oxidation sites excluding steroid dienone is 4. The van der Waals surface area contributed by atoms with Gasteiger partial charge in [-0.15, -0.1) is 0 Å². The largest absolute Gasteiger partial charge is 0.244 e. The van der Waals surface area contributed by atoms with Gasteiger partial charge in [-0.2, -0.15) is 0 Å². The first-order chi connectivity index (χ1) is 10.7. The molecular formula is C20H27N2+. The molecule has 0 aliphatic heterocycles. The first-order valence-corrected chi connectivity index (χ1v) is 9.16. The molecule has 1 heterocycles. The van der Waals surface area contributed by atoms with Gasteiger partial charge in [0.25, 0.3) is 0 Å². The Morgan fingerprint density at radius 3 is 2.18 bits per heavy atom. The third-order valence-corrected chi connectivity index (χ3v) is 7.02. The van der Waals surface area contributed by atoms with E-state index >= 15 is 0 Å². The molecule has 4 bridgehead atoms. The van der Waals surface area contributed by atoms with Crippen molar-refractivity contribution < 1.29 is 4.57 Å². The van der Waals surface area contributed by atoms with Crippen LogP contribution in [0.4, 0.5) is 0 Å². The number of imidazole rings is 1. The lowest BCUT2D eigenvalue weighted by molar-refractivity contribution is -0.723. The molecule has 116 valence electrons. The standard InChI is InChI=1S/C20H27N2/c1-15(19-4-2-3-5-19)21-6-7-22(14-21)20-11-16-8-17(12-20)10-18(9-16)13-20/h2-7,14-19H,8-13H2,1H3/q+1. The Morgan fingerprint density at radius 2 is 1.59 bits per heavy atom. The first kappa shape index (κ1) is 13.2. The van der Waals surface area contributed by atoms with Gasteiger partial charge < -0.3 is 0 Å². The van der Waals surface area contributed by atoms with Gasteiger partial charge in [0, 0.05) is 5.92 Å². The third-order valence-electron chi connectivity index (χ3n) is 7.02. The minimum atomic E-state index is 0.459. The second-order valence-electron chi connectivity index (χ2n) is 8.50. The van der Waals surface area contributed by atoms with E-state index in [2.05, 4.69) is 59.1 Å². The molecule has 4 saturated carbocycles. The van der Waals surface area contributed by atoms with E-state index in [0.717, 1.165) is 17.8 Å². The highest BCUT2D eigenvalue weighted by atomic mass is 15.2. The summed E-state index contributed by atoms with van der Waals surface area (Å²) in [5.41, 5.74) is 0.459. The predicted molar refractivity (Wildman–Crippen MR) is 87.3 cm³/mol. The van der Waals surface area contributed by atoms with E-state index in [1.165, 1.54) is 38.5 Å². The Balaban J connectivity index is 1.44. The van der Waals surface area contributed by atoms with E-state index in [1.807, 2.05) is 0 Å². The number of nitrogens with zero attached hydrogens (tertiary/aromatic N) is 2. The summed E-state index contributed by atoms with van der Waals surface area (Å²) in [5, 5.41) is 0. The average Bonchev–Trinajstić information content (AvgIpc) is 3.17. The maximum Gasteiger partial charge on any atom is 0.244 e. The summed E-state index contributed by atoms with van der Waals surface area (Å²) in [6.07, 6.45) is 25.0. The van der Waals surface area contributed by atoms with Crippen LogP contribution in [0.3, 0.4) is 0 Å². The smallest absolute Gasteiger partial charge is 0.233 e. The van der Waals surface area contributed by atoms with Gasteiger partial charge in [0.15, 0.2) is 0 Å². The highest BCUT2D eigenvalue weighted by Gasteiger charge is 2.54. The van der Waals surface area contributed by atoms with Crippen molar-refractivity contribution in [2.75, 3.05) is 0 Å². The quantitative estimate of drug-likeness (QED) is 0.745. The summed E-state index contributed by atoms with van der Waals surface area (Å²) in [6, 6.07) is 0.519. The molecule has 0 saturated heterocycles. The number of aromatic nitrogens is 2. The molecule has 5 aliphatic rings. The summed E-state index contributed by atoms with van der Waals surface area (Å²) in [4.78, 5) is 0. The summed E-state index contributed by atoms with van der Waals surface area (Å²) < 4.78 is 5.04. The zero-order chi connectivity index (χ0) is 14.7. The van der Waals surface area contributed by atoms with Crippen LogP contribution in [0.5, 0.6) is 0 Å². The first-order valence-electron chi connectivity index (χ1n) is 9.16. The second-order valence-corrected chi connectivity index (χ2v) is 8.50. The molecule has 2 nitrogen and oxygen atoms in total. The maximum atomic E-state index is 2.61. The minimum Gasteiger partial charge on any atom is -0.233 e. The van der Waals surface area contributed by atoms with E-state index < -0.39 is 0 Å². The minimum absolute atomic E-state index is 0.459. The molecule has 4 fully saturated rings. The van der Waals surface area contributed by atoms with Gasteiger partial charge in [-0.05, 0) is 63.2 Å². The van der Waals surface area contributed by atoms with E-state index in [-0.39, 0.29) is 0 Å². The van der Waals surface area contributed by atoms with E-state index in [9.17, 15) is 0 Å². The topological polar surface area (TPSA) is 8.81 Å². The third kappa shape index (κ3) is 1.89. The van der Waals surface area contributed by atoms with Crippen LogP contribution >= 0.6 is 0 Å². The van der Waals surface area contributed by atoms with Crippen molar-refractivity contribution in [2.45, 2.75) is 57.0 Å². The van der Waals surface area contributed by atoms with Gasteiger partial charge in [-0.1, -0.05) is 24.3 Å². The normalized spacial score (nSPS) is 40.7. The SMILES string of the molecule is CC(C1C=CC=C1)[n+]1ccn(C23CC4CC(CC(C4)C2)C3)c1. The molecule has 1 unspecified atom stereocenters. The second kappa shape index (κ2) is 4.59. The molecule has 0 amide bonds. The lowest BCUT2D eigenvalue weighted by atomic mass is 9.53. The van der Waals surface area contributed by atoms with Crippen LogP contribution < -0.4 is 4.57 Å². The Bertz CT molecular complexity index is 589. The molecule has 1 aromatic heterocycles. The van der Waals surface area contributed by atoms with Crippen molar-refractivity contribution in [2.24, 2.45) is 23.7 Å². The highest BCUT2D eigenvalue weighted by molar-refractivity contribution is 5.18. The molecule has 2 heteroatoms. The Morgan fingerprint density at radius 1 is 1.00 bits per heavy atom. The van der Waals surface area contributed by atoms with E-state index in [1.54, 1.807) is 0 Å². The Kier molecular flexibility index (Phi) is 2.75. The molecule has 0 aromatic carbocycles. The zero-order valence-corrected chi connectivity index (χ0v) is 13.6. The predicted octanol–water partition coefficient (Wildman–Crippen LogP) is 4.00. The van der Waals surface area contributed by atoms with Crippen LogP contribution in [0.1, 0.15) is 51.5 Å². The van der Waals surface area contributed by atoms with Gasteiger partial charge >= 0.3 is 0 Å². The fourth-order valence-corrected chi connectivity index (χ4v) is 6.24. The molecule has 0 N–H and O–H groups in total. The maximum absolute atomic E-state index is 2.61. The lowest BCUT2D eigenvalue weighted by Gasteiger charge is -2.54. The molecule has 0 radical (unpaired) electrons. The summed E-state index contributed by atoms with van der Waals surface area (Å²) in [5.74, 6) is 3.60. The van der Waals surface area contributed by atoms with Gasteiger partial charge in [0.1, 0.15) is 24.0 Å². The molecule has 5 aliphatic carbocycles. The van der Waals surface area contributed by atoms with Crippen molar-refractivity contribution in [1.82, 2.24) is 4.57 Å². The van der Waals surface area contributed by atoms with E-state index in [0.29, 0.717) is 17.5 Å². The van der Waals surface area contributed by atoms with Crippen LogP contribution in [0.25, 0.3) is 0 Å². The Labute approximate surface area is 133 Å². The number of rotatable bonds is 3. The fraction of sp³-hybridized carbons (Fsp3) is 0.650. The van der Waals surface area contributed by atoms with Crippen molar-refractivity contribution in [1.29, 1.82) is 0 Å². The molecule has 22 heavy (non-hydrogen) atoms. The van der Waals surface area contributed by atoms with Crippen LogP contribution in [-0.4, -0.2) is 4.57 Å². The fourth-order valence-electron chi connectivity index (χ4n) is 6.24. The van der Waals surface area contributed by atoms with Crippen molar-refractivity contribution in [3.05, 3.63) is 43.0 Å². The van der Waals surface area contributed by atoms with Crippen LogP contribution in [0.2, 0.25) is 0 Å². The average molecular weight is 295 g/mol. The van der Waals surface area contributed by atoms with Gasteiger partial charge in [-0.3, -0.25) is 0 Å². The number of hydrogen-bond acceptors (Lipinski definition) is 0. The molecule has 6 rings (SSSR count). The van der Waals surface area contributed by atoms with E-state index in [4.69, 9.17) is 0 Å².